The largest absolute Gasteiger partial charge is 0.322 e. The Balaban J connectivity index is 1.68. The van der Waals surface area contributed by atoms with Gasteiger partial charge in [-0.1, -0.05) is 6.07 Å². The molecule has 1 aliphatic carbocycles. The summed E-state index contributed by atoms with van der Waals surface area (Å²) in [6.07, 6.45) is 2.81. The predicted molar refractivity (Wildman–Crippen MR) is 56.8 cm³/mol. The van der Waals surface area contributed by atoms with Crippen molar-refractivity contribution in [2.75, 3.05) is 13.1 Å². The van der Waals surface area contributed by atoms with Gasteiger partial charge in [0.05, 0.1) is 6.04 Å². The van der Waals surface area contributed by atoms with Crippen molar-refractivity contribution in [2.45, 2.75) is 18.9 Å². The van der Waals surface area contributed by atoms with Crippen LogP contribution in [0.3, 0.4) is 0 Å². The van der Waals surface area contributed by atoms with E-state index in [1.54, 1.807) is 11.3 Å². The van der Waals surface area contributed by atoms with Gasteiger partial charge in [0.15, 0.2) is 0 Å². The Labute approximate surface area is 83.1 Å². The molecule has 72 valence electrons. The molecule has 1 saturated carbocycles. The molecule has 0 spiro atoms. The molecule has 1 aromatic rings. The second-order valence-corrected chi connectivity index (χ2v) is 4.70. The van der Waals surface area contributed by atoms with Gasteiger partial charge in [0.2, 0.25) is 0 Å². The summed E-state index contributed by atoms with van der Waals surface area (Å²) in [6, 6.07) is 4.34. The van der Waals surface area contributed by atoms with Crippen LogP contribution in [0.1, 0.15) is 23.8 Å². The summed E-state index contributed by atoms with van der Waals surface area (Å²) in [5.74, 6) is 0.940. The lowest BCUT2D eigenvalue weighted by Gasteiger charge is -2.10. The topological polar surface area (TPSA) is 38.0 Å². The minimum absolute atomic E-state index is 0.179. The molecule has 0 aliphatic heterocycles. The van der Waals surface area contributed by atoms with Crippen LogP contribution in [0.25, 0.3) is 0 Å². The summed E-state index contributed by atoms with van der Waals surface area (Å²) >= 11 is 1.74. The molecule has 1 heterocycles. The zero-order valence-corrected chi connectivity index (χ0v) is 8.52. The molecule has 1 unspecified atom stereocenters. The smallest absolute Gasteiger partial charge is 0.0516 e. The molecule has 0 radical (unpaired) electrons. The third-order valence-electron chi connectivity index (χ3n) is 2.40. The fraction of sp³-hybridized carbons (Fsp3) is 0.600. The van der Waals surface area contributed by atoms with Crippen molar-refractivity contribution >= 4 is 11.3 Å². The summed E-state index contributed by atoms with van der Waals surface area (Å²) in [6.45, 7) is 2.07. The van der Waals surface area contributed by atoms with Crippen LogP contribution in [0.2, 0.25) is 0 Å². The van der Waals surface area contributed by atoms with Crippen molar-refractivity contribution in [1.29, 1.82) is 0 Å². The zero-order chi connectivity index (χ0) is 9.10. The molecule has 2 nitrogen and oxygen atoms in total. The van der Waals surface area contributed by atoms with Crippen LogP contribution in [0.15, 0.2) is 17.5 Å². The SMILES string of the molecule is NC(CNCC1CC1)c1cccs1. The van der Waals surface area contributed by atoms with E-state index < -0.39 is 0 Å². The van der Waals surface area contributed by atoms with Crippen LogP contribution in [0.4, 0.5) is 0 Å². The maximum Gasteiger partial charge on any atom is 0.0516 e. The molecule has 1 aromatic heterocycles. The maximum atomic E-state index is 5.99. The number of thiophene rings is 1. The van der Waals surface area contributed by atoms with E-state index in [9.17, 15) is 0 Å². The highest BCUT2D eigenvalue weighted by atomic mass is 32.1. The van der Waals surface area contributed by atoms with Gasteiger partial charge in [0, 0.05) is 11.4 Å². The normalized spacial score (nSPS) is 18.8. The molecule has 3 N–H and O–H groups in total. The number of hydrogen-bond donors (Lipinski definition) is 2. The Morgan fingerprint density at radius 3 is 3.08 bits per heavy atom. The minimum atomic E-state index is 0.179. The van der Waals surface area contributed by atoms with E-state index in [1.165, 1.54) is 17.7 Å². The van der Waals surface area contributed by atoms with E-state index >= 15 is 0 Å². The Morgan fingerprint density at radius 1 is 1.62 bits per heavy atom. The van der Waals surface area contributed by atoms with Gasteiger partial charge in [-0.3, -0.25) is 0 Å². The van der Waals surface area contributed by atoms with Gasteiger partial charge in [0.25, 0.3) is 0 Å². The minimum Gasteiger partial charge on any atom is -0.322 e. The number of nitrogens with two attached hydrogens (primary N) is 1. The molecule has 2 rings (SSSR count). The van der Waals surface area contributed by atoms with Crippen molar-refractivity contribution in [3.8, 4) is 0 Å². The lowest BCUT2D eigenvalue weighted by atomic mass is 10.2. The average Bonchev–Trinajstić information content (AvgIpc) is 2.80. The molecule has 0 amide bonds. The summed E-state index contributed by atoms with van der Waals surface area (Å²) in [5, 5.41) is 5.50. The van der Waals surface area contributed by atoms with Crippen molar-refractivity contribution in [2.24, 2.45) is 11.7 Å². The molecule has 1 aliphatic rings. The molecule has 13 heavy (non-hydrogen) atoms. The van der Waals surface area contributed by atoms with E-state index in [0.29, 0.717) is 0 Å². The summed E-state index contributed by atoms with van der Waals surface area (Å²) < 4.78 is 0. The molecular formula is C10H16N2S. The van der Waals surface area contributed by atoms with Crippen LogP contribution in [0.5, 0.6) is 0 Å². The first-order valence-corrected chi connectivity index (χ1v) is 5.74. The Hall–Kier alpha value is -0.380. The number of hydrogen-bond acceptors (Lipinski definition) is 3. The molecule has 0 saturated heterocycles. The summed E-state index contributed by atoms with van der Waals surface area (Å²) in [5.41, 5.74) is 5.99. The van der Waals surface area contributed by atoms with E-state index in [1.807, 2.05) is 0 Å². The van der Waals surface area contributed by atoms with Crippen LogP contribution in [-0.2, 0) is 0 Å². The van der Waals surface area contributed by atoms with Gasteiger partial charge in [0.1, 0.15) is 0 Å². The van der Waals surface area contributed by atoms with Crippen LogP contribution in [-0.4, -0.2) is 13.1 Å². The Bertz CT molecular complexity index is 241. The highest BCUT2D eigenvalue weighted by Gasteiger charge is 2.20. The molecule has 3 heteroatoms. The Morgan fingerprint density at radius 2 is 2.46 bits per heavy atom. The first-order valence-electron chi connectivity index (χ1n) is 4.86. The van der Waals surface area contributed by atoms with Crippen molar-refractivity contribution in [3.63, 3.8) is 0 Å². The van der Waals surface area contributed by atoms with E-state index in [0.717, 1.165) is 19.0 Å². The second-order valence-electron chi connectivity index (χ2n) is 3.72. The van der Waals surface area contributed by atoms with Crippen molar-refractivity contribution in [1.82, 2.24) is 5.32 Å². The second kappa shape index (κ2) is 4.22. The quantitative estimate of drug-likeness (QED) is 0.753. The lowest BCUT2D eigenvalue weighted by molar-refractivity contribution is 0.579. The standard InChI is InChI=1S/C10H16N2S/c11-9(10-2-1-5-13-10)7-12-6-8-3-4-8/h1-2,5,8-9,12H,3-4,6-7,11H2. The lowest BCUT2D eigenvalue weighted by Crippen LogP contribution is -2.27. The van der Waals surface area contributed by atoms with Crippen LogP contribution in [0, 0.1) is 5.92 Å². The van der Waals surface area contributed by atoms with Crippen molar-refractivity contribution < 1.29 is 0 Å². The Kier molecular flexibility index (Phi) is 2.98. The van der Waals surface area contributed by atoms with E-state index in [4.69, 9.17) is 5.73 Å². The van der Waals surface area contributed by atoms with Crippen molar-refractivity contribution in [3.05, 3.63) is 22.4 Å². The summed E-state index contributed by atoms with van der Waals surface area (Å²) in [7, 11) is 0. The van der Waals surface area contributed by atoms with Gasteiger partial charge in [-0.2, -0.15) is 0 Å². The first kappa shape index (κ1) is 9.19. The molecule has 0 aromatic carbocycles. The molecule has 1 atom stereocenters. The zero-order valence-electron chi connectivity index (χ0n) is 7.70. The highest BCUT2D eigenvalue weighted by molar-refractivity contribution is 7.10. The molecular weight excluding hydrogens is 180 g/mol. The fourth-order valence-electron chi connectivity index (χ4n) is 1.37. The van der Waals surface area contributed by atoms with Gasteiger partial charge in [-0.05, 0) is 36.8 Å². The third kappa shape index (κ3) is 2.79. The van der Waals surface area contributed by atoms with Gasteiger partial charge < -0.3 is 11.1 Å². The fourth-order valence-corrected chi connectivity index (χ4v) is 2.10. The summed E-state index contributed by atoms with van der Waals surface area (Å²) in [4.78, 5) is 1.28. The van der Waals surface area contributed by atoms with Gasteiger partial charge in [-0.15, -0.1) is 11.3 Å². The highest BCUT2D eigenvalue weighted by Crippen LogP contribution is 2.27. The average molecular weight is 196 g/mol. The van der Waals surface area contributed by atoms with Crippen LogP contribution < -0.4 is 11.1 Å². The maximum absolute atomic E-state index is 5.99. The van der Waals surface area contributed by atoms with Gasteiger partial charge >= 0.3 is 0 Å². The van der Waals surface area contributed by atoms with E-state index in [-0.39, 0.29) is 6.04 Å². The predicted octanol–water partition coefficient (Wildman–Crippen LogP) is 1.75. The van der Waals surface area contributed by atoms with Crippen LogP contribution >= 0.6 is 11.3 Å². The first-order chi connectivity index (χ1) is 6.36. The van der Waals surface area contributed by atoms with Gasteiger partial charge in [-0.25, -0.2) is 0 Å². The van der Waals surface area contributed by atoms with E-state index in [2.05, 4.69) is 22.8 Å². The third-order valence-corrected chi connectivity index (χ3v) is 3.41. The number of rotatable bonds is 5. The molecule has 0 bridgehead atoms. The molecule has 1 fully saturated rings. The monoisotopic (exact) mass is 196 g/mol. The number of nitrogens with one attached hydrogen (secondary N) is 1.